The first-order chi connectivity index (χ1) is 28.0. The number of nitrogen functional groups attached to an aromatic ring is 3. The number of aryl methyl sites for hydroxylation is 2. The maximum atomic E-state index is 5.83. The quantitative estimate of drug-likeness (QED) is 0.114. The van der Waals surface area contributed by atoms with Crippen molar-refractivity contribution < 1.29 is 14.2 Å². The van der Waals surface area contributed by atoms with Crippen molar-refractivity contribution in [1.29, 1.82) is 0 Å². The fourth-order valence-corrected chi connectivity index (χ4v) is 6.75. The van der Waals surface area contributed by atoms with Gasteiger partial charge in [0.05, 0.1) is 26.1 Å². The Labute approximate surface area is 343 Å². The van der Waals surface area contributed by atoms with Crippen molar-refractivity contribution >= 4 is 96.9 Å². The molecule has 2 aliphatic rings. The van der Waals surface area contributed by atoms with Gasteiger partial charge in [0.1, 0.15) is 46.2 Å². The van der Waals surface area contributed by atoms with E-state index in [2.05, 4.69) is 69.8 Å². The Hall–Kier alpha value is -5.81. The van der Waals surface area contributed by atoms with Crippen LogP contribution in [0.15, 0.2) is 19.0 Å². The molecule has 304 valence electrons. The Morgan fingerprint density at radius 1 is 0.655 bits per heavy atom. The lowest BCUT2D eigenvalue weighted by atomic mass is 10.2. The van der Waals surface area contributed by atoms with E-state index in [0.29, 0.717) is 74.1 Å². The van der Waals surface area contributed by atoms with Crippen LogP contribution in [0.25, 0.3) is 44.7 Å². The Morgan fingerprint density at radius 3 is 1.86 bits per heavy atom. The van der Waals surface area contributed by atoms with E-state index >= 15 is 0 Å². The van der Waals surface area contributed by atoms with Crippen LogP contribution in [0.2, 0.25) is 15.7 Å². The zero-order chi connectivity index (χ0) is 40.9. The summed E-state index contributed by atoms with van der Waals surface area (Å²) in [7, 11) is 1.52. The van der Waals surface area contributed by atoms with Crippen LogP contribution < -0.4 is 21.9 Å². The van der Waals surface area contributed by atoms with E-state index in [1.54, 1.807) is 19.6 Å². The van der Waals surface area contributed by atoms with E-state index < -0.39 is 0 Å². The number of nitrogens with zero attached hydrogens (tertiary/aromatic N) is 14. The largest absolute Gasteiger partial charge is 0.468 e. The van der Waals surface area contributed by atoms with Crippen molar-refractivity contribution in [2.24, 2.45) is 0 Å². The van der Waals surface area contributed by atoms with E-state index in [-0.39, 0.29) is 28.2 Å². The number of fused-ring (bicyclic) bond motifs is 4. The van der Waals surface area contributed by atoms with Gasteiger partial charge in [-0.05, 0) is 75.6 Å². The number of aromatic amines is 2. The van der Waals surface area contributed by atoms with Crippen LogP contribution in [0, 0.1) is 13.8 Å². The molecule has 22 nitrogen and oxygen atoms in total. The first-order valence-corrected chi connectivity index (χ1v) is 19.0. The molecule has 25 heteroatoms. The number of hydrogen-bond acceptors (Lipinski definition) is 18. The Balaban J connectivity index is 0.000000119. The molecule has 2 aliphatic heterocycles. The minimum Gasteiger partial charge on any atom is -0.468 e. The molecular formula is C33H38Cl3N19O3. The van der Waals surface area contributed by atoms with E-state index in [1.807, 2.05) is 16.1 Å². The second-order valence-corrected chi connectivity index (χ2v) is 13.8. The SMILES string of the molecule is COc1nc2nc(C)nc(N)c2[nH]1.Cc1nc(N)c2ncn(C3CCCCO3)c2n1.Clc1nc(Cl)c2[nH]cnc2n1.Nc1nc(Cl)nc2c1ncn2C1CCCCO1. The van der Waals surface area contributed by atoms with Crippen molar-refractivity contribution in [3.05, 3.63) is 46.4 Å². The molecule has 2 unspecified atom stereocenters. The fourth-order valence-electron chi connectivity index (χ4n) is 6.15. The number of rotatable bonds is 3. The number of imidazole rings is 4. The van der Waals surface area contributed by atoms with Crippen LogP contribution in [0.4, 0.5) is 17.5 Å². The van der Waals surface area contributed by atoms with Crippen molar-refractivity contribution in [2.45, 2.75) is 64.8 Å². The normalized spacial score (nSPS) is 16.7. The summed E-state index contributed by atoms with van der Waals surface area (Å²) in [4.78, 5) is 54.2. The van der Waals surface area contributed by atoms with Crippen molar-refractivity contribution in [3.8, 4) is 6.01 Å². The molecule has 0 amide bonds. The minimum atomic E-state index is -0.0286. The summed E-state index contributed by atoms with van der Waals surface area (Å²) >= 11 is 17.0. The summed E-state index contributed by atoms with van der Waals surface area (Å²) in [6.07, 6.45) is 11.4. The van der Waals surface area contributed by atoms with E-state index in [9.17, 15) is 0 Å². The van der Waals surface area contributed by atoms with Gasteiger partial charge >= 0.3 is 0 Å². The van der Waals surface area contributed by atoms with Gasteiger partial charge in [-0.25, -0.2) is 39.9 Å². The Bertz CT molecular complexity index is 2570. The second-order valence-electron chi connectivity index (χ2n) is 12.8. The zero-order valence-corrected chi connectivity index (χ0v) is 33.7. The van der Waals surface area contributed by atoms with Crippen LogP contribution in [0.3, 0.4) is 0 Å². The molecule has 0 radical (unpaired) electrons. The van der Waals surface area contributed by atoms with Crippen molar-refractivity contribution in [1.82, 2.24) is 78.9 Å². The van der Waals surface area contributed by atoms with Gasteiger partial charge in [-0.3, -0.25) is 9.13 Å². The molecule has 2 fully saturated rings. The summed E-state index contributed by atoms with van der Waals surface area (Å²) in [6, 6.07) is 0.390. The summed E-state index contributed by atoms with van der Waals surface area (Å²) in [5.74, 6) is 2.38. The molecule has 2 atom stereocenters. The topological polar surface area (TPSA) is 302 Å². The summed E-state index contributed by atoms with van der Waals surface area (Å²) in [6.45, 7) is 5.15. The molecule has 0 aliphatic carbocycles. The average molecular weight is 855 g/mol. The lowest BCUT2D eigenvalue weighted by Crippen LogP contribution is -2.18. The standard InChI is InChI=1S/C11H15N5O.C10H12ClN5O.C7H9N5O.C5H2Cl2N4/c1-7-14-10(12)9-11(15-7)16(6-13-9)8-4-2-3-5-17-8;11-10-14-8(12)7-9(15-10)16(5-13-7)6-3-1-2-4-17-6;1-3-9-5(8)4-6(10-3)12-7(11-4)13-2;6-3-2-4(9-1-8-2)11-5(7)10-3/h6,8H,2-5H2,1H3,(H2,12,14,15);5-6H,1-4H2,(H2,12,14,15);1-2H3,(H3,8,9,10,11,12);1H,(H,8,9,10,11). The molecule has 8 aromatic heterocycles. The number of ether oxygens (including phenoxy) is 3. The van der Waals surface area contributed by atoms with Crippen LogP contribution in [-0.4, -0.2) is 99.2 Å². The van der Waals surface area contributed by atoms with Gasteiger partial charge in [0, 0.05) is 13.2 Å². The molecule has 8 N–H and O–H groups in total. The average Bonchev–Trinajstić information content (AvgIpc) is 4.02. The highest BCUT2D eigenvalue weighted by molar-refractivity contribution is 6.35. The fraction of sp³-hybridized carbons (Fsp3) is 0.394. The van der Waals surface area contributed by atoms with Gasteiger partial charge in [-0.1, -0.05) is 11.6 Å². The molecule has 10 heterocycles. The van der Waals surface area contributed by atoms with Gasteiger partial charge in [0.2, 0.25) is 10.6 Å². The number of aromatic nitrogens is 16. The van der Waals surface area contributed by atoms with E-state index in [0.717, 1.165) is 51.0 Å². The lowest BCUT2D eigenvalue weighted by Gasteiger charge is -2.23. The number of nitrogens with two attached hydrogens (primary N) is 3. The van der Waals surface area contributed by atoms with Crippen LogP contribution >= 0.6 is 34.8 Å². The Kier molecular flexibility index (Phi) is 12.4. The van der Waals surface area contributed by atoms with Crippen molar-refractivity contribution in [3.63, 3.8) is 0 Å². The first-order valence-electron chi connectivity index (χ1n) is 17.9. The molecule has 0 aromatic carbocycles. The number of nitrogens with one attached hydrogen (secondary N) is 2. The number of halogens is 3. The highest BCUT2D eigenvalue weighted by Gasteiger charge is 2.21. The molecule has 0 spiro atoms. The molecule has 0 saturated carbocycles. The third-order valence-electron chi connectivity index (χ3n) is 8.79. The van der Waals surface area contributed by atoms with Crippen molar-refractivity contribution in [2.75, 3.05) is 37.5 Å². The van der Waals surface area contributed by atoms with Gasteiger partial charge in [0.15, 0.2) is 45.2 Å². The molecular weight excluding hydrogens is 817 g/mol. The summed E-state index contributed by atoms with van der Waals surface area (Å²) < 4.78 is 20.2. The maximum absolute atomic E-state index is 5.83. The van der Waals surface area contributed by atoms with E-state index in [1.165, 1.54) is 19.9 Å². The number of hydrogen-bond donors (Lipinski definition) is 5. The minimum absolute atomic E-state index is 0.0286. The molecule has 8 aromatic rings. The third-order valence-corrected chi connectivity index (χ3v) is 9.40. The van der Waals surface area contributed by atoms with Crippen LogP contribution in [0.1, 0.15) is 62.6 Å². The molecule has 2 saturated heterocycles. The molecule has 0 bridgehead atoms. The number of methoxy groups -OCH3 is 1. The summed E-state index contributed by atoms with van der Waals surface area (Å²) in [5, 5.41) is 0.527. The smallest absolute Gasteiger partial charge is 0.295 e. The maximum Gasteiger partial charge on any atom is 0.295 e. The van der Waals surface area contributed by atoms with Crippen LogP contribution in [0.5, 0.6) is 6.01 Å². The zero-order valence-electron chi connectivity index (χ0n) is 31.4. The summed E-state index contributed by atoms with van der Waals surface area (Å²) in [5.41, 5.74) is 22.1. The van der Waals surface area contributed by atoms with Gasteiger partial charge in [0.25, 0.3) is 6.01 Å². The highest BCUT2D eigenvalue weighted by Crippen LogP contribution is 2.29. The molecule has 58 heavy (non-hydrogen) atoms. The first kappa shape index (κ1) is 40.4. The second kappa shape index (κ2) is 17.8. The lowest BCUT2D eigenvalue weighted by molar-refractivity contribution is -0.0299. The van der Waals surface area contributed by atoms with Gasteiger partial charge in [-0.15, -0.1) is 0 Å². The van der Waals surface area contributed by atoms with Crippen LogP contribution in [-0.2, 0) is 9.47 Å². The molecule has 10 rings (SSSR count). The third kappa shape index (κ3) is 9.00. The monoisotopic (exact) mass is 853 g/mol. The number of H-pyrrole nitrogens is 2. The predicted molar refractivity (Wildman–Crippen MR) is 216 cm³/mol. The van der Waals surface area contributed by atoms with Gasteiger partial charge in [-0.2, -0.15) is 19.9 Å². The van der Waals surface area contributed by atoms with Gasteiger partial charge < -0.3 is 41.4 Å². The highest BCUT2D eigenvalue weighted by atomic mass is 35.5. The predicted octanol–water partition coefficient (Wildman–Crippen LogP) is 5.09. The van der Waals surface area contributed by atoms with E-state index in [4.69, 9.17) is 66.2 Å². The number of anilines is 3. The Morgan fingerprint density at radius 2 is 1.24 bits per heavy atom.